The molecule has 0 saturated carbocycles. The maximum absolute atomic E-state index is 4.35. The Morgan fingerprint density at radius 1 is 1.21 bits per heavy atom. The number of nitrogens with one attached hydrogen (secondary N) is 1. The zero-order chi connectivity index (χ0) is 13.2. The van der Waals surface area contributed by atoms with Gasteiger partial charge in [0.05, 0.1) is 12.0 Å². The third-order valence-corrected chi connectivity index (χ3v) is 3.77. The van der Waals surface area contributed by atoms with Gasteiger partial charge in [0.25, 0.3) is 0 Å². The maximum atomic E-state index is 4.35. The van der Waals surface area contributed by atoms with E-state index in [0.29, 0.717) is 0 Å². The highest BCUT2D eigenvalue weighted by Crippen LogP contribution is 2.22. The molecule has 0 aliphatic heterocycles. The minimum atomic E-state index is 1.04. The van der Waals surface area contributed by atoms with Crippen molar-refractivity contribution in [3.63, 3.8) is 0 Å². The van der Waals surface area contributed by atoms with Gasteiger partial charge in [-0.15, -0.1) is 0 Å². The number of H-pyrrole nitrogens is 1. The van der Waals surface area contributed by atoms with Crippen molar-refractivity contribution < 1.29 is 0 Å². The Hall–Kier alpha value is -2.03. The van der Waals surface area contributed by atoms with Crippen molar-refractivity contribution in [3.05, 3.63) is 53.7 Å². The van der Waals surface area contributed by atoms with E-state index >= 15 is 0 Å². The zero-order valence-electron chi connectivity index (χ0n) is 11.5. The molecule has 2 aromatic heterocycles. The standard InChI is InChI=1S/C16H19N3/c1-12-15(18-11-17-12)8-5-6-13-10-19(2)16-9-4-3-7-14(13)16/h3-4,7,9-11H,5-6,8H2,1-2H3,(H,17,18). The van der Waals surface area contributed by atoms with Crippen LogP contribution in [0.4, 0.5) is 0 Å². The largest absolute Gasteiger partial charge is 0.350 e. The highest BCUT2D eigenvalue weighted by Gasteiger charge is 2.06. The summed E-state index contributed by atoms with van der Waals surface area (Å²) in [6, 6.07) is 8.60. The van der Waals surface area contributed by atoms with E-state index in [4.69, 9.17) is 0 Å². The monoisotopic (exact) mass is 253 g/mol. The molecule has 0 aliphatic rings. The molecule has 0 saturated heterocycles. The zero-order valence-corrected chi connectivity index (χ0v) is 11.5. The van der Waals surface area contributed by atoms with E-state index in [1.165, 1.54) is 27.9 Å². The Kier molecular flexibility index (Phi) is 3.11. The number of benzene rings is 1. The quantitative estimate of drug-likeness (QED) is 0.759. The van der Waals surface area contributed by atoms with Crippen molar-refractivity contribution in [1.29, 1.82) is 0 Å². The molecule has 0 radical (unpaired) electrons. The summed E-state index contributed by atoms with van der Waals surface area (Å²) in [6.45, 7) is 2.08. The van der Waals surface area contributed by atoms with Gasteiger partial charge in [0.1, 0.15) is 0 Å². The molecule has 0 bridgehead atoms. The summed E-state index contributed by atoms with van der Waals surface area (Å²) >= 11 is 0. The Morgan fingerprint density at radius 2 is 2.05 bits per heavy atom. The van der Waals surface area contributed by atoms with Crippen molar-refractivity contribution in [2.24, 2.45) is 7.05 Å². The number of imidazole rings is 1. The van der Waals surface area contributed by atoms with E-state index in [1.807, 2.05) is 0 Å². The summed E-state index contributed by atoms with van der Waals surface area (Å²) in [5.41, 5.74) is 5.14. The molecule has 2 heterocycles. The molecule has 98 valence electrons. The Balaban J connectivity index is 1.74. The number of fused-ring (bicyclic) bond motifs is 1. The molecule has 0 fully saturated rings. The number of nitrogens with zero attached hydrogens (tertiary/aromatic N) is 2. The fourth-order valence-electron chi connectivity index (χ4n) is 2.71. The molecular weight excluding hydrogens is 234 g/mol. The lowest BCUT2D eigenvalue weighted by Crippen LogP contribution is -1.92. The summed E-state index contributed by atoms with van der Waals surface area (Å²) in [4.78, 5) is 7.49. The van der Waals surface area contributed by atoms with Gasteiger partial charge in [0, 0.05) is 29.8 Å². The van der Waals surface area contributed by atoms with Gasteiger partial charge in [0.15, 0.2) is 0 Å². The van der Waals surface area contributed by atoms with Crippen LogP contribution in [0.2, 0.25) is 0 Å². The van der Waals surface area contributed by atoms with E-state index in [1.54, 1.807) is 6.33 Å². The molecule has 0 unspecified atom stereocenters. The maximum Gasteiger partial charge on any atom is 0.0925 e. The molecule has 0 atom stereocenters. The lowest BCUT2D eigenvalue weighted by molar-refractivity contribution is 0.798. The summed E-state index contributed by atoms with van der Waals surface area (Å²) in [6.07, 6.45) is 7.32. The first-order valence-electron chi connectivity index (χ1n) is 6.77. The van der Waals surface area contributed by atoms with Gasteiger partial charge < -0.3 is 9.55 Å². The van der Waals surface area contributed by atoms with Crippen molar-refractivity contribution in [2.75, 3.05) is 0 Å². The van der Waals surface area contributed by atoms with E-state index < -0.39 is 0 Å². The number of rotatable bonds is 4. The SMILES string of the molecule is Cc1[nH]cnc1CCCc1cn(C)c2ccccc12. The van der Waals surface area contributed by atoms with Crippen molar-refractivity contribution in [2.45, 2.75) is 26.2 Å². The number of hydrogen-bond acceptors (Lipinski definition) is 1. The highest BCUT2D eigenvalue weighted by molar-refractivity contribution is 5.83. The van der Waals surface area contributed by atoms with Crippen LogP contribution in [0.5, 0.6) is 0 Å². The molecule has 3 nitrogen and oxygen atoms in total. The normalized spacial score (nSPS) is 11.3. The molecule has 3 heteroatoms. The smallest absolute Gasteiger partial charge is 0.0925 e. The van der Waals surface area contributed by atoms with E-state index in [2.05, 4.69) is 59.0 Å². The van der Waals surface area contributed by atoms with Crippen LogP contribution in [0.25, 0.3) is 10.9 Å². The summed E-state index contributed by atoms with van der Waals surface area (Å²) in [5.74, 6) is 0. The lowest BCUT2D eigenvalue weighted by Gasteiger charge is -1.99. The molecule has 1 N–H and O–H groups in total. The summed E-state index contributed by atoms with van der Waals surface area (Å²) in [7, 11) is 2.11. The van der Waals surface area contributed by atoms with Crippen LogP contribution >= 0.6 is 0 Å². The first-order valence-corrected chi connectivity index (χ1v) is 6.77. The summed E-state index contributed by atoms with van der Waals surface area (Å²) < 4.78 is 2.21. The number of aryl methyl sites for hydroxylation is 4. The average molecular weight is 253 g/mol. The molecule has 0 aliphatic carbocycles. The second kappa shape index (κ2) is 4.92. The van der Waals surface area contributed by atoms with Gasteiger partial charge in [0.2, 0.25) is 0 Å². The molecule has 19 heavy (non-hydrogen) atoms. The summed E-state index contributed by atoms with van der Waals surface area (Å²) in [5, 5.41) is 1.38. The minimum Gasteiger partial charge on any atom is -0.350 e. The number of aromatic amines is 1. The predicted octanol–water partition coefficient (Wildman–Crippen LogP) is 3.39. The van der Waals surface area contributed by atoms with Gasteiger partial charge in [-0.1, -0.05) is 18.2 Å². The van der Waals surface area contributed by atoms with E-state index in [-0.39, 0.29) is 0 Å². The van der Waals surface area contributed by atoms with Crippen molar-refractivity contribution in [3.8, 4) is 0 Å². The van der Waals surface area contributed by atoms with Crippen LogP contribution in [0.3, 0.4) is 0 Å². The van der Waals surface area contributed by atoms with Crippen LogP contribution in [-0.2, 0) is 19.9 Å². The van der Waals surface area contributed by atoms with Crippen molar-refractivity contribution >= 4 is 10.9 Å². The molecule has 0 amide bonds. The average Bonchev–Trinajstić information content (AvgIpc) is 2.96. The van der Waals surface area contributed by atoms with E-state index in [9.17, 15) is 0 Å². The van der Waals surface area contributed by atoms with Crippen molar-refractivity contribution in [1.82, 2.24) is 14.5 Å². The van der Waals surface area contributed by atoms with Gasteiger partial charge in [-0.25, -0.2) is 4.98 Å². The highest BCUT2D eigenvalue weighted by atomic mass is 14.9. The second-order valence-electron chi connectivity index (χ2n) is 5.11. The predicted molar refractivity (Wildman–Crippen MR) is 78.3 cm³/mol. The number of hydrogen-bond donors (Lipinski definition) is 1. The first-order chi connectivity index (χ1) is 9.25. The van der Waals surface area contributed by atoms with Gasteiger partial charge in [-0.05, 0) is 37.8 Å². The van der Waals surface area contributed by atoms with Crippen LogP contribution < -0.4 is 0 Å². The second-order valence-corrected chi connectivity index (χ2v) is 5.11. The molecule has 1 aromatic carbocycles. The molecule has 3 rings (SSSR count). The molecule has 3 aromatic rings. The van der Waals surface area contributed by atoms with Gasteiger partial charge in [-0.3, -0.25) is 0 Å². The van der Waals surface area contributed by atoms with Crippen LogP contribution in [-0.4, -0.2) is 14.5 Å². The third-order valence-electron chi connectivity index (χ3n) is 3.77. The molecule has 0 spiro atoms. The number of para-hydroxylation sites is 1. The first kappa shape index (κ1) is 12.0. The van der Waals surface area contributed by atoms with Crippen LogP contribution in [0, 0.1) is 6.92 Å². The Bertz CT molecular complexity index is 691. The molecular formula is C16H19N3. The Morgan fingerprint density at radius 3 is 2.84 bits per heavy atom. The lowest BCUT2D eigenvalue weighted by atomic mass is 10.1. The fraction of sp³-hybridized carbons (Fsp3) is 0.312. The van der Waals surface area contributed by atoms with Crippen LogP contribution in [0.15, 0.2) is 36.8 Å². The van der Waals surface area contributed by atoms with Gasteiger partial charge in [-0.2, -0.15) is 0 Å². The fourth-order valence-corrected chi connectivity index (χ4v) is 2.71. The number of aromatic nitrogens is 3. The minimum absolute atomic E-state index is 1.04. The van der Waals surface area contributed by atoms with E-state index in [0.717, 1.165) is 19.3 Å². The Labute approximate surface area is 113 Å². The van der Waals surface area contributed by atoms with Gasteiger partial charge >= 0.3 is 0 Å². The third kappa shape index (κ3) is 2.28. The topological polar surface area (TPSA) is 33.6 Å². The van der Waals surface area contributed by atoms with Crippen LogP contribution in [0.1, 0.15) is 23.4 Å².